The van der Waals surface area contributed by atoms with Crippen molar-refractivity contribution in [2.24, 2.45) is 0 Å². The van der Waals surface area contributed by atoms with Gasteiger partial charge in [-0.05, 0) is 12.8 Å². The first-order chi connectivity index (χ1) is 14.2. The van der Waals surface area contributed by atoms with Crippen LogP contribution in [0.2, 0.25) is 0 Å². The lowest BCUT2D eigenvalue weighted by Gasteiger charge is -2.24. The van der Waals surface area contributed by atoms with E-state index in [1.54, 1.807) is 4.90 Å². The van der Waals surface area contributed by atoms with Gasteiger partial charge in [0.1, 0.15) is 0 Å². The van der Waals surface area contributed by atoms with Crippen molar-refractivity contribution in [2.45, 2.75) is 116 Å². The van der Waals surface area contributed by atoms with E-state index in [2.05, 4.69) is 13.8 Å². The van der Waals surface area contributed by atoms with Crippen molar-refractivity contribution in [3.05, 3.63) is 0 Å². The predicted molar refractivity (Wildman–Crippen MR) is 121 cm³/mol. The molecule has 0 bridgehead atoms. The van der Waals surface area contributed by atoms with Gasteiger partial charge in [-0.25, -0.2) is 0 Å². The van der Waals surface area contributed by atoms with Crippen LogP contribution in [0.5, 0.6) is 0 Å². The maximum Gasteiger partial charge on any atom is 0.222 e. The molecule has 0 aromatic carbocycles. The first-order valence-electron chi connectivity index (χ1n) is 12.3. The Kier molecular flexibility index (Phi) is 21.6. The van der Waals surface area contributed by atoms with Gasteiger partial charge < -0.3 is 19.8 Å². The van der Waals surface area contributed by atoms with Gasteiger partial charge in [0.05, 0.1) is 19.3 Å². The monoisotopic (exact) mass is 415 g/mol. The molecule has 5 nitrogen and oxygen atoms in total. The number of unbranched alkanes of at least 4 members (excludes halogenated alkanes) is 12. The molecular formula is C24H49NO4. The van der Waals surface area contributed by atoms with Gasteiger partial charge in [-0.2, -0.15) is 0 Å². The van der Waals surface area contributed by atoms with Gasteiger partial charge in [0, 0.05) is 26.1 Å². The van der Waals surface area contributed by atoms with Crippen molar-refractivity contribution in [3.8, 4) is 0 Å². The number of rotatable bonds is 22. The third-order valence-electron chi connectivity index (χ3n) is 5.35. The lowest BCUT2D eigenvalue weighted by molar-refractivity contribution is -0.133. The minimum Gasteiger partial charge on any atom is -0.395 e. The maximum atomic E-state index is 12.3. The first kappa shape index (κ1) is 28.4. The highest BCUT2D eigenvalue weighted by Crippen LogP contribution is 2.11. The van der Waals surface area contributed by atoms with E-state index in [-0.39, 0.29) is 32.2 Å². The topological polar surface area (TPSA) is 70.0 Å². The molecule has 0 aromatic rings. The lowest BCUT2D eigenvalue weighted by atomic mass is 10.1. The second-order valence-electron chi connectivity index (χ2n) is 8.28. The number of hydrogen-bond acceptors (Lipinski definition) is 4. The number of aliphatic hydroxyl groups excluding tert-OH is 2. The Hall–Kier alpha value is -0.650. The third-order valence-corrected chi connectivity index (χ3v) is 5.35. The van der Waals surface area contributed by atoms with Crippen LogP contribution in [0.1, 0.15) is 110 Å². The number of carbonyl (C=O) groups excluding carboxylic acids is 1. The molecule has 5 heteroatoms. The van der Waals surface area contributed by atoms with Crippen LogP contribution in [-0.4, -0.2) is 60.0 Å². The molecule has 0 rings (SSSR count). The minimum atomic E-state index is -0.690. The second kappa shape index (κ2) is 22.0. The molecule has 0 aliphatic rings. The fraction of sp³-hybridized carbons (Fsp3) is 0.958. The Labute approximate surface area is 180 Å². The van der Waals surface area contributed by atoms with Crippen molar-refractivity contribution in [1.82, 2.24) is 4.90 Å². The van der Waals surface area contributed by atoms with Crippen LogP contribution in [0.15, 0.2) is 0 Å². The summed E-state index contributed by atoms with van der Waals surface area (Å²) in [5.41, 5.74) is 0. The number of carbonyl (C=O) groups is 1. The molecule has 0 spiro atoms. The molecule has 0 radical (unpaired) electrons. The molecule has 2 N–H and O–H groups in total. The summed E-state index contributed by atoms with van der Waals surface area (Å²) < 4.78 is 5.59. The van der Waals surface area contributed by atoms with Crippen LogP contribution in [0.4, 0.5) is 0 Å². The van der Waals surface area contributed by atoms with Crippen molar-refractivity contribution < 1.29 is 19.7 Å². The number of aliphatic hydroxyl groups is 2. The normalized spacial score (nSPS) is 12.3. The quantitative estimate of drug-likeness (QED) is 0.242. The van der Waals surface area contributed by atoms with E-state index in [1.165, 1.54) is 57.8 Å². The smallest absolute Gasteiger partial charge is 0.222 e. The van der Waals surface area contributed by atoms with Crippen molar-refractivity contribution in [3.63, 3.8) is 0 Å². The van der Waals surface area contributed by atoms with E-state index in [0.717, 1.165) is 32.1 Å². The van der Waals surface area contributed by atoms with E-state index in [1.807, 2.05) is 0 Å². The average Bonchev–Trinajstić information content (AvgIpc) is 2.71. The number of ether oxygens (including phenoxy) is 1. The molecular weight excluding hydrogens is 366 g/mol. The van der Waals surface area contributed by atoms with Gasteiger partial charge >= 0.3 is 0 Å². The molecule has 1 atom stereocenters. The molecule has 0 fully saturated rings. The summed E-state index contributed by atoms with van der Waals surface area (Å²) in [6.07, 6.45) is 16.9. The zero-order valence-electron chi connectivity index (χ0n) is 19.4. The minimum absolute atomic E-state index is 0.0175. The molecule has 1 unspecified atom stereocenters. The summed E-state index contributed by atoms with van der Waals surface area (Å²) in [5.74, 6) is 0.0175. The van der Waals surface area contributed by atoms with Gasteiger partial charge in [-0.1, -0.05) is 90.9 Å². The summed E-state index contributed by atoms with van der Waals surface area (Å²) in [6, 6.07) is 0. The Morgan fingerprint density at radius 2 is 1.34 bits per heavy atom. The molecule has 0 heterocycles. The molecule has 29 heavy (non-hydrogen) atoms. The molecule has 174 valence electrons. The summed E-state index contributed by atoms with van der Waals surface area (Å²) in [6.45, 7) is 5.76. The van der Waals surface area contributed by atoms with Crippen molar-refractivity contribution in [2.75, 3.05) is 32.9 Å². The van der Waals surface area contributed by atoms with Crippen LogP contribution >= 0.6 is 0 Å². The Morgan fingerprint density at radius 1 is 0.828 bits per heavy atom. The lowest BCUT2D eigenvalue weighted by Crippen LogP contribution is -2.40. The van der Waals surface area contributed by atoms with Crippen LogP contribution in [0, 0.1) is 0 Å². The molecule has 1 amide bonds. The Morgan fingerprint density at radius 3 is 1.90 bits per heavy atom. The maximum absolute atomic E-state index is 12.3. The van der Waals surface area contributed by atoms with E-state index in [4.69, 9.17) is 4.74 Å². The number of nitrogens with zero attached hydrogens (tertiary/aromatic N) is 1. The molecule has 0 saturated carbocycles. The van der Waals surface area contributed by atoms with Gasteiger partial charge in [0.2, 0.25) is 5.91 Å². The molecule has 0 aliphatic heterocycles. The van der Waals surface area contributed by atoms with Gasteiger partial charge in [0.25, 0.3) is 0 Å². The summed E-state index contributed by atoms with van der Waals surface area (Å²) in [4.78, 5) is 13.8. The van der Waals surface area contributed by atoms with E-state index >= 15 is 0 Å². The molecule has 0 saturated heterocycles. The highest BCUT2D eigenvalue weighted by Gasteiger charge is 2.17. The van der Waals surface area contributed by atoms with E-state index in [9.17, 15) is 15.0 Å². The predicted octanol–water partition coefficient (Wildman–Crippen LogP) is 5.08. The second-order valence-corrected chi connectivity index (χ2v) is 8.28. The highest BCUT2D eigenvalue weighted by atomic mass is 16.5. The largest absolute Gasteiger partial charge is 0.395 e. The summed E-state index contributed by atoms with van der Waals surface area (Å²) in [5, 5.41) is 19.4. The van der Waals surface area contributed by atoms with Gasteiger partial charge in [-0.15, -0.1) is 0 Å². The fourth-order valence-corrected chi connectivity index (χ4v) is 3.52. The van der Waals surface area contributed by atoms with Crippen LogP contribution in [-0.2, 0) is 9.53 Å². The standard InChI is InChI=1S/C24H49NO4/c1-3-5-7-9-10-11-12-13-14-16-20-29-22-23(27)21-25(18-19-26)24(28)17-15-8-6-4-2/h23,26-27H,3-22H2,1-2H3. The van der Waals surface area contributed by atoms with Crippen LogP contribution < -0.4 is 0 Å². The van der Waals surface area contributed by atoms with Crippen molar-refractivity contribution in [1.29, 1.82) is 0 Å². The fourth-order valence-electron chi connectivity index (χ4n) is 3.52. The number of amides is 1. The van der Waals surface area contributed by atoms with Crippen molar-refractivity contribution >= 4 is 5.91 Å². The first-order valence-corrected chi connectivity index (χ1v) is 12.3. The van der Waals surface area contributed by atoms with E-state index < -0.39 is 6.10 Å². The highest BCUT2D eigenvalue weighted by molar-refractivity contribution is 5.76. The van der Waals surface area contributed by atoms with Gasteiger partial charge in [-0.3, -0.25) is 4.79 Å². The zero-order chi connectivity index (χ0) is 21.6. The average molecular weight is 416 g/mol. The Balaban J connectivity index is 3.67. The summed E-state index contributed by atoms with van der Waals surface area (Å²) >= 11 is 0. The van der Waals surface area contributed by atoms with Crippen LogP contribution in [0.25, 0.3) is 0 Å². The zero-order valence-corrected chi connectivity index (χ0v) is 19.4. The van der Waals surface area contributed by atoms with Crippen LogP contribution in [0.3, 0.4) is 0 Å². The number of hydrogen-bond donors (Lipinski definition) is 2. The summed E-state index contributed by atoms with van der Waals surface area (Å²) in [7, 11) is 0. The molecule has 0 aromatic heterocycles. The van der Waals surface area contributed by atoms with E-state index in [0.29, 0.717) is 13.0 Å². The SMILES string of the molecule is CCCCCCCCCCCCOCC(O)CN(CCO)C(=O)CCCCCC. The Bertz CT molecular complexity index is 352. The molecule has 0 aliphatic carbocycles. The third kappa shape index (κ3) is 19.1. The van der Waals surface area contributed by atoms with Gasteiger partial charge in [0.15, 0.2) is 0 Å².